The number of benzene rings is 2. The maximum absolute atomic E-state index is 12.5. The van der Waals surface area contributed by atoms with Crippen molar-refractivity contribution in [2.24, 2.45) is 0 Å². The van der Waals surface area contributed by atoms with E-state index in [-0.39, 0.29) is 11.7 Å². The highest BCUT2D eigenvalue weighted by Gasteiger charge is 2.16. The molecule has 0 saturated carbocycles. The van der Waals surface area contributed by atoms with Gasteiger partial charge in [0, 0.05) is 34.8 Å². The lowest BCUT2D eigenvalue weighted by Gasteiger charge is -2.10. The van der Waals surface area contributed by atoms with E-state index in [2.05, 4.69) is 31.4 Å². The summed E-state index contributed by atoms with van der Waals surface area (Å²) in [7, 11) is 0. The average molecular weight is 489 g/mol. The first-order valence-electron chi connectivity index (χ1n) is 9.65. The lowest BCUT2D eigenvalue weighted by atomic mass is 10.2. The van der Waals surface area contributed by atoms with Crippen LogP contribution in [0.25, 0.3) is 11.4 Å². The number of aromatic nitrogens is 3. The zero-order valence-corrected chi connectivity index (χ0v) is 18.8. The van der Waals surface area contributed by atoms with E-state index in [1.54, 1.807) is 6.07 Å². The molecule has 3 aromatic rings. The fourth-order valence-corrected chi connectivity index (χ4v) is 4.13. The van der Waals surface area contributed by atoms with Crippen molar-refractivity contribution in [1.82, 2.24) is 14.8 Å². The van der Waals surface area contributed by atoms with Gasteiger partial charge in [-0.1, -0.05) is 39.8 Å². The fraction of sp³-hybridized carbons (Fsp3) is 0.286. The molecular weight excluding hydrogens is 468 g/mol. The molecule has 9 heteroatoms. The molecule has 1 aliphatic heterocycles. The monoisotopic (exact) mass is 488 g/mol. The molecule has 1 aromatic heterocycles. The summed E-state index contributed by atoms with van der Waals surface area (Å²) < 4.78 is 14.3. The molecule has 0 atom stereocenters. The van der Waals surface area contributed by atoms with Gasteiger partial charge >= 0.3 is 0 Å². The van der Waals surface area contributed by atoms with Crippen LogP contribution in [0.15, 0.2) is 52.1 Å². The Labute approximate surface area is 187 Å². The summed E-state index contributed by atoms with van der Waals surface area (Å²) in [6, 6.07) is 13.4. The average Bonchev–Trinajstić information content (AvgIpc) is 3.02. The summed E-state index contributed by atoms with van der Waals surface area (Å²) >= 11 is 4.81. The Bertz CT molecular complexity index is 1040. The lowest BCUT2D eigenvalue weighted by molar-refractivity contribution is -0.113. The van der Waals surface area contributed by atoms with Gasteiger partial charge in [-0.25, -0.2) is 0 Å². The predicted octanol–water partition coefficient (Wildman–Crippen LogP) is 4.62. The smallest absolute Gasteiger partial charge is 0.234 e. The van der Waals surface area contributed by atoms with Crippen LogP contribution in [0.1, 0.15) is 13.3 Å². The first kappa shape index (κ1) is 20.7. The molecule has 1 amide bonds. The van der Waals surface area contributed by atoms with Crippen LogP contribution in [0.2, 0.25) is 0 Å². The molecule has 0 fully saturated rings. The number of thioether (sulfide) groups is 1. The number of amides is 1. The Balaban J connectivity index is 1.40. The number of ether oxygens (including phenoxy) is 2. The molecule has 0 aliphatic carbocycles. The summed E-state index contributed by atoms with van der Waals surface area (Å²) in [6.45, 7) is 3.99. The van der Waals surface area contributed by atoms with E-state index < -0.39 is 0 Å². The van der Waals surface area contributed by atoms with Crippen LogP contribution in [0.3, 0.4) is 0 Å². The maximum atomic E-state index is 12.5. The standard InChI is InChI=1S/C21H21BrN4O3S/c1-2-26-20(14-4-6-15(22)7-5-14)24-25-21(26)30-13-19(27)23-16-8-9-17-18(12-16)29-11-3-10-28-17/h4-9,12H,2-3,10-11,13H2,1H3,(H,23,27). The molecule has 1 N–H and O–H groups in total. The van der Waals surface area contributed by atoms with Crippen LogP contribution < -0.4 is 14.8 Å². The van der Waals surface area contributed by atoms with E-state index in [1.165, 1.54) is 11.8 Å². The third kappa shape index (κ3) is 4.79. The van der Waals surface area contributed by atoms with Gasteiger partial charge in [-0.3, -0.25) is 4.79 Å². The number of hydrogen-bond donors (Lipinski definition) is 1. The zero-order valence-electron chi connectivity index (χ0n) is 16.4. The normalized spacial score (nSPS) is 13.0. The number of carbonyl (C=O) groups excluding carboxylic acids is 1. The van der Waals surface area contributed by atoms with Gasteiger partial charge in [-0.2, -0.15) is 0 Å². The molecule has 30 heavy (non-hydrogen) atoms. The van der Waals surface area contributed by atoms with Crippen LogP contribution in [0, 0.1) is 0 Å². The number of anilines is 1. The summed E-state index contributed by atoms with van der Waals surface area (Å²) in [5, 5.41) is 12.2. The molecule has 0 spiro atoms. The zero-order chi connectivity index (χ0) is 20.9. The third-order valence-electron chi connectivity index (χ3n) is 4.50. The second-order valence-electron chi connectivity index (χ2n) is 6.61. The van der Waals surface area contributed by atoms with Crippen molar-refractivity contribution in [2.75, 3.05) is 24.3 Å². The Morgan fingerprint density at radius 2 is 1.90 bits per heavy atom. The number of nitrogens with one attached hydrogen (secondary N) is 1. The van der Waals surface area contributed by atoms with Crippen molar-refractivity contribution in [3.63, 3.8) is 0 Å². The van der Waals surface area contributed by atoms with Crippen LogP contribution in [0.5, 0.6) is 11.5 Å². The van der Waals surface area contributed by atoms with E-state index in [0.29, 0.717) is 42.1 Å². The number of nitrogens with zero attached hydrogens (tertiary/aromatic N) is 3. The minimum atomic E-state index is -0.120. The van der Waals surface area contributed by atoms with E-state index in [0.717, 1.165) is 22.3 Å². The highest BCUT2D eigenvalue weighted by atomic mass is 79.9. The minimum absolute atomic E-state index is 0.120. The van der Waals surface area contributed by atoms with Crippen LogP contribution >= 0.6 is 27.7 Å². The predicted molar refractivity (Wildman–Crippen MR) is 120 cm³/mol. The fourth-order valence-electron chi connectivity index (χ4n) is 3.06. The molecule has 2 aromatic carbocycles. The molecule has 0 radical (unpaired) electrons. The summed E-state index contributed by atoms with van der Waals surface area (Å²) in [5.74, 6) is 2.26. The van der Waals surface area contributed by atoms with Crippen molar-refractivity contribution in [1.29, 1.82) is 0 Å². The Kier molecular flexibility index (Phi) is 6.59. The van der Waals surface area contributed by atoms with Gasteiger partial charge in [-0.15, -0.1) is 10.2 Å². The van der Waals surface area contributed by atoms with Crippen LogP contribution in [-0.4, -0.2) is 39.6 Å². The topological polar surface area (TPSA) is 78.3 Å². The molecule has 0 saturated heterocycles. The van der Waals surface area contributed by atoms with E-state index in [9.17, 15) is 4.79 Å². The van der Waals surface area contributed by atoms with Crippen molar-refractivity contribution in [3.8, 4) is 22.9 Å². The first-order valence-corrected chi connectivity index (χ1v) is 11.4. The van der Waals surface area contributed by atoms with Crippen molar-refractivity contribution < 1.29 is 14.3 Å². The quantitative estimate of drug-likeness (QED) is 0.510. The second-order valence-corrected chi connectivity index (χ2v) is 8.46. The van der Waals surface area contributed by atoms with Crippen molar-refractivity contribution in [3.05, 3.63) is 46.9 Å². The maximum Gasteiger partial charge on any atom is 0.234 e. The van der Waals surface area contributed by atoms with Crippen LogP contribution in [0.4, 0.5) is 5.69 Å². The van der Waals surface area contributed by atoms with Gasteiger partial charge in [0.05, 0.1) is 19.0 Å². The van der Waals surface area contributed by atoms with E-state index >= 15 is 0 Å². The molecule has 156 valence electrons. The molecule has 7 nitrogen and oxygen atoms in total. The molecule has 1 aliphatic rings. The Morgan fingerprint density at radius 1 is 1.13 bits per heavy atom. The summed E-state index contributed by atoms with van der Waals surface area (Å²) in [5.41, 5.74) is 1.66. The Morgan fingerprint density at radius 3 is 2.67 bits per heavy atom. The van der Waals surface area contributed by atoms with Gasteiger partial charge in [0.1, 0.15) is 0 Å². The van der Waals surface area contributed by atoms with Crippen molar-refractivity contribution in [2.45, 2.75) is 25.0 Å². The second kappa shape index (κ2) is 9.53. The first-order chi connectivity index (χ1) is 14.6. The number of carbonyl (C=O) groups is 1. The largest absolute Gasteiger partial charge is 0.490 e. The minimum Gasteiger partial charge on any atom is -0.490 e. The highest BCUT2D eigenvalue weighted by molar-refractivity contribution is 9.10. The third-order valence-corrected chi connectivity index (χ3v) is 5.99. The van der Waals surface area contributed by atoms with E-state index in [1.807, 2.05) is 47.9 Å². The molecule has 0 unspecified atom stereocenters. The van der Waals surface area contributed by atoms with Crippen molar-refractivity contribution >= 4 is 39.3 Å². The summed E-state index contributed by atoms with van der Waals surface area (Å²) in [4.78, 5) is 12.5. The van der Waals surface area contributed by atoms with Gasteiger partial charge < -0.3 is 19.4 Å². The number of halogens is 1. The van der Waals surface area contributed by atoms with Crippen LogP contribution in [-0.2, 0) is 11.3 Å². The molecule has 2 heterocycles. The highest BCUT2D eigenvalue weighted by Crippen LogP contribution is 2.32. The molecule has 4 rings (SSSR count). The molecular formula is C21H21BrN4O3S. The SMILES string of the molecule is CCn1c(SCC(=O)Nc2ccc3c(c2)OCCCO3)nnc1-c1ccc(Br)cc1. The molecule has 0 bridgehead atoms. The number of rotatable bonds is 6. The van der Waals surface area contributed by atoms with Gasteiger partial charge in [0.2, 0.25) is 5.91 Å². The van der Waals surface area contributed by atoms with Gasteiger partial charge in [0.15, 0.2) is 22.5 Å². The van der Waals surface area contributed by atoms with Gasteiger partial charge in [0.25, 0.3) is 0 Å². The summed E-state index contributed by atoms with van der Waals surface area (Å²) in [6.07, 6.45) is 0.841. The number of hydrogen-bond acceptors (Lipinski definition) is 6. The lowest BCUT2D eigenvalue weighted by Crippen LogP contribution is -2.14. The Hall–Kier alpha value is -2.52. The number of fused-ring (bicyclic) bond motifs is 1. The van der Waals surface area contributed by atoms with Gasteiger partial charge in [-0.05, 0) is 31.2 Å². The van der Waals surface area contributed by atoms with E-state index in [4.69, 9.17) is 9.47 Å².